The van der Waals surface area contributed by atoms with Gasteiger partial charge in [0.05, 0.1) is 10.0 Å². The van der Waals surface area contributed by atoms with Crippen molar-refractivity contribution < 1.29 is 35.5 Å². The fraction of sp³-hybridized carbons (Fsp3) is 0.0769. The van der Waals surface area contributed by atoms with Crippen LogP contribution in [0.3, 0.4) is 0 Å². The van der Waals surface area contributed by atoms with Crippen molar-refractivity contribution in [2.45, 2.75) is 6.18 Å². The molecular formula is C13H4BrF7O. The molecule has 0 aliphatic carbocycles. The second kappa shape index (κ2) is 5.79. The highest BCUT2D eigenvalue weighted by molar-refractivity contribution is 9.10. The maximum atomic E-state index is 13.6. The van der Waals surface area contributed by atoms with E-state index in [0.29, 0.717) is 6.07 Å². The fourth-order valence-corrected chi connectivity index (χ4v) is 1.84. The van der Waals surface area contributed by atoms with E-state index in [1.54, 1.807) is 0 Å². The summed E-state index contributed by atoms with van der Waals surface area (Å²) >= 11 is 2.71. The number of ether oxygens (including phenoxy) is 1. The summed E-state index contributed by atoms with van der Waals surface area (Å²) in [6, 6.07) is 1.16. The van der Waals surface area contributed by atoms with E-state index < -0.39 is 46.5 Å². The first-order valence-corrected chi connectivity index (χ1v) is 6.27. The van der Waals surface area contributed by atoms with Gasteiger partial charge in [0.25, 0.3) is 0 Å². The highest BCUT2D eigenvalue weighted by Crippen LogP contribution is 2.36. The van der Waals surface area contributed by atoms with Crippen LogP contribution in [0.2, 0.25) is 0 Å². The molecule has 118 valence electrons. The summed E-state index contributed by atoms with van der Waals surface area (Å²) in [6.45, 7) is 0. The molecule has 22 heavy (non-hydrogen) atoms. The van der Waals surface area contributed by atoms with Crippen LogP contribution in [0.4, 0.5) is 30.7 Å². The van der Waals surface area contributed by atoms with Gasteiger partial charge in [-0.2, -0.15) is 13.2 Å². The Hall–Kier alpha value is -1.77. The minimum absolute atomic E-state index is 0.00882. The van der Waals surface area contributed by atoms with Crippen LogP contribution >= 0.6 is 15.9 Å². The molecule has 0 aromatic heterocycles. The minimum Gasteiger partial charge on any atom is -0.448 e. The molecule has 0 saturated heterocycles. The van der Waals surface area contributed by atoms with Crippen molar-refractivity contribution >= 4 is 15.9 Å². The van der Waals surface area contributed by atoms with E-state index in [9.17, 15) is 30.7 Å². The number of hydrogen-bond donors (Lipinski definition) is 0. The van der Waals surface area contributed by atoms with Crippen molar-refractivity contribution in [2.75, 3.05) is 0 Å². The first-order chi connectivity index (χ1) is 10.1. The Balaban J connectivity index is 2.45. The van der Waals surface area contributed by atoms with E-state index in [0.717, 1.165) is 6.07 Å². The molecule has 0 amide bonds. The van der Waals surface area contributed by atoms with Gasteiger partial charge in [0, 0.05) is 12.1 Å². The van der Waals surface area contributed by atoms with Gasteiger partial charge < -0.3 is 4.74 Å². The second-order valence-electron chi connectivity index (χ2n) is 4.07. The number of hydrogen-bond acceptors (Lipinski definition) is 1. The summed E-state index contributed by atoms with van der Waals surface area (Å²) in [5.74, 6) is -7.60. The molecule has 0 radical (unpaired) electrons. The van der Waals surface area contributed by atoms with E-state index in [1.165, 1.54) is 0 Å². The molecule has 1 nitrogen and oxygen atoms in total. The lowest BCUT2D eigenvalue weighted by Crippen LogP contribution is -2.07. The SMILES string of the molecule is Fc1cc(F)c(Oc2c(F)cc(C(F)(F)F)cc2F)cc1Br. The smallest absolute Gasteiger partial charge is 0.416 e. The van der Waals surface area contributed by atoms with Crippen LogP contribution in [0.5, 0.6) is 11.5 Å². The lowest BCUT2D eigenvalue weighted by molar-refractivity contribution is -0.138. The molecule has 0 N–H and O–H groups in total. The molecule has 0 saturated carbocycles. The average molecular weight is 389 g/mol. The van der Waals surface area contributed by atoms with Crippen molar-refractivity contribution in [3.05, 3.63) is 57.6 Å². The first-order valence-electron chi connectivity index (χ1n) is 5.48. The number of benzene rings is 2. The monoisotopic (exact) mass is 388 g/mol. The molecule has 2 rings (SSSR count). The van der Waals surface area contributed by atoms with Crippen molar-refractivity contribution in [3.8, 4) is 11.5 Å². The third-order valence-corrected chi connectivity index (χ3v) is 3.12. The molecule has 0 aliphatic heterocycles. The molecule has 0 fully saturated rings. The van der Waals surface area contributed by atoms with E-state index in [1.807, 2.05) is 0 Å². The third-order valence-electron chi connectivity index (χ3n) is 2.51. The second-order valence-corrected chi connectivity index (χ2v) is 4.92. The predicted molar refractivity (Wildman–Crippen MR) is 65.5 cm³/mol. The Labute approximate surface area is 127 Å². The van der Waals surface area contributed by atoms with Crippen LogP contribution in [-0.2, 0) is 6.18 Å². The van der Waals surface area contributed by atoms with Gasteiger partial charge in [0.15, 0.2) is 29.0 Å². The van der Waals surface area contributed by atoms with Crippen molar-refractivity contribution in [1.82, 2.24) is 0 Å². The zero-order chi connectivity index (χ0) is 16.7. The van der Waals surface area contributed by atoms with E-state index >= 15 is 0 Å². The Morgan fingerprint density at radius 1 is 0.773 bits per heavy atom. The maximum absolute atomic E-state index is 13.6. The standard InChI is InChI=1S/C13H4BrF7O/c14-6-3-11(8(16)4-7(6)15)22-12-9(17)1-5(2-10(12)18)13(19,20)21/h1-4H. The topological polar surface area (TPSA) is 9.23 Å². The van der Waals surface area contributed by atoms with Gasteiger partial charge in [-0.25, -0.2) is 17.6 Å². The Morgan fingerprint density at radius 3 is 1.82 bits per heavy atom. The van der Waals surface area contributed by atoms with Crippen LogP contribution in [0.15, 0.2) is 28.7 Å². The molecule has 2 aromatic rings. The van der Waals surface area contributed by atoms with Gasteiger partial charge in [-0.05, 0) is 28.1 Å². The Morgan fingerprint density at radius 2 is 1.32 bits per heavy atom. The van der Waals surface area contributed by atoms with Crippen LogP contribution in [0, 0.1) is 23.3 Å². The molecule has 0 atom stereocenters. The van der Waals surface area contributed by atoms with Gasteiger partial charge in [0.1, 0.15) is 5.82 Å². The molecule has 0 bridgehead atoms. The fourth-order valence-electron chi connectivity index (χ4n) is 1.51. The van der Waals surface area contributed by atoms with Crippen molar-refractivity contribution in [2.24, 2.45) is 0 Å². The zero-order valence-corrected chi connectivity index (χ0v) is 11.8. The number of alkyl halides is 3. The molecule has 2 aromatic carbocycles. The average Bonchev–Trinajstić information content (AvgIpc) is 2.38. The van der Waals surface area contributed by atoms with Crippen LogP contribution in [-0.4, -0.2) is 0 Å². The van der Waals surface area contributed by atoms with Crippen LogP contribution < -0.4 is 4.74 Å². The quantitative estimate of drug-likeness (QED) is 0.465. The van der Waals surface area contributed by atoms with Crippen molar-refractivity contribution in [3.63, 3.8) is 0 Å². The largest absolute Gasteiger partial charge is 0.448 e. The summed E-state index contributed by atoms with van der Waals surface area (Å²) in [7, 11) is 0. The Kier molecular flexibility index (Phi) is 4.37. The molecule has 9 heteroatoms. The number of halogens is 8. The molecular weight excluding hydrogens is 385 g/mol. The van der Waals surface area contributed by atoms with Crippen molar-refractivity contribution in [1.29, 1.82) is 0 Å². The molecule has 0 spiro atoms. The summed E-state index contributed by atoms with van der Waals surface area (Å²) in [5.41, 5.74) is -1.56. The van der Waals surface area contributed by atoms with E-state index in [-0.39, 0.29) is 16.6 Å². The Bertz CT molecular complexity index is 704. The predicted octanol–water partition coefficient (Wildman–Crippen LogP) is 5.82. The highest BCUT2D eigenvalue weighted by atomic mass is 79.9. The molecule has 0 aliphatic rings. The third kappa shape index (κ3) is 3.34. The highest BCUT2D eigenvalue weighted by Gasteiger charge is 2.33. The van der Waals surface area contributed by atoms with Gasteiger partial charge in [0.2, 0.25) is 0 Å². The van der Waals surface area contributed by atoms with E-state index in [2.05, 4.69) is 20.7 Å². The van der Waals surface area contributed by atoms with E-state index in [4.69, 9.17) is 0 Å². The van der Waals surface area contributed by atoms with Crippen LogP contribution in [0.1, 0.15) is 5.56 Å². The minimum atomic E-state index is -4.95. The van der Waals surface area contributed by atoms with Gasteiger partial charge in [-0.15, -0.1) is 0 Å². The summed E-state index contributed by atoms with van der Waals surface area (Å²) in [5, 5.41) is 0. The summed E-state index contributed by atoms with van der Waals surface area (Å²) in [6.07, 6.45) is -4.95. The zero-order valence-electron chi connectivity index (χ0n) is 10.2. The summed E-state index contributed by atoms with van der Waals surface area (Å²) < 4.78 is 95.1. The lowest BCUT2D eigenvalue weighted by atomic mass is 10.2. The first kappa shape index (κ1) is 16.6. The van der Waals surface area contributed by atoms with Crippen LogP contribution in [0.25, 0.3) is 0 Å². The summed E-state index contributed by atoms with van der Waals surface area (Å²) in [4.78, 5) is 0. The number of rotatable bonds is 2. The molecule has 0 heterocycles. The van der Waals surface area contributed by atoms with Gasteiger partial charge in [-0.3, -0.25) is 0 Å². The van der Waals surface area contributed by atoms with Gasteiger partial charge in [-0.1, -0.05) is 0 Å². The maximum Gasteiger partial charge on any atom is 0.416 e. The lowest BCUT2D eigenvalue weighted by Gasteiger charge is -2.12. The molecule has 0 unspecified atom stereocenters. The normalized spacial score (nSPS) is 11.6. The van der Waals surface area contributed by atoms with Gasteiger partial charge >= 0.3 is 6.18 Å².